The molecule has 1 saturated heterocycles. The van der Waals surface area contributed by atoms with Gasteiger partial charge in [-0.15, -0.1) is 11.6 Å². The van der Waals surface area contributed by atoms with E-state index in [9.17, 15) is 13.5 Å². The molecule has 1 fully saturated rings. The Hall–Kier alpha value is -0.880. The molecule has 0 unspecified atom stereocenters. The van der Waals surface area contributed by atoms with Crippen molar-refractivity contribution in [2.24, 2.45) is 0 Å². The van der Waals surface area contributed by atoms with E-state index in [1.807, 2.05) is 4.90 Å². The molecule has 0 bridgehead atoms. The van der Waals surface area contributed by atoms with E-state index in [-0.39, 0.29) is 5.75 Å². The van der Waals surface area contributed by atoms with Crippen LogP contribution in [-0.2, 0) is 9.84 Å². The fraction of sp³-hybridized carbons (Fsp3) is 0.467. The van der Waals surface area contributed by atoms with E-state index in [1.54, 1.807) is 30.3 Å². The number of hydrogen-bond donors (Lipinski definition) is 1. The van der Waals surface area contributed by atoms with E-state index in [0.717, 1.165) is 5.57 Å². The number of benzene rings is 1. The van der Waals surface area contributed by atoms with Gasteiger partial charge in [-0.1, -0.05) is 24.8 Å². The van der Waals surface area contributed by atoms with E-state index in [2.05, 4.69) is 6.58 Å². The molecule has 0 aliphatic carbocycles. The minimum absolute atomic E-state index is 0.0895. The molecular weight excluding hydrogens is 310 g/mol. The van der Waals surface area contributed by atoms with E-state index in [1.165, 1.54) is 0 Å². The summed E-state index contributed by atoms with van der Waals surface area (Å²) in [5, 5.41) is 10.1. The van der Waals surface area contributed by atoms with Crippen LogP contribution in [0.25, 0.3) is 0 Å². The average molecular weight is 330 g/mol. The second kappa shape index (κ2) is 6.92. The standard InChI is InChI=1S/C15H20ClNO3S/c1-12(9-16)10-17-8-7-15(18)14(17)11-21(19,20)13-5-3-2-4-6-13/h2-6,14-15,18H,1,7-11H2/t14-,15-/m0/s1. The van der Waals surface area contributed by atoms with Crippen LogP contribution < -0.4 is 0 Å². The Morgan fingerprint density at radius 2 is 2.05 bits per heavy atom. The lowest BCUT2D eigenvalue weighted by molar-refractivity contribution is 0.132. The maximum absolute atomic E-state index is 12.4. The summed E-state index contributed by atoms with van der Waals surface area (Å²) in [5.41, 5.74) is 0.827. The zero-order valence-electron chi connectivity index (χ0n) is 11.8. The van der Waals surface area contributed by atoms with Gasteiger partial charge in [0.15, 0.2) is 9.84 Å². The number of rotatable bonds is 6. The van der Waals surface area contributed by atoms with Crippen molar-refractivity contribution < 1.29 is 13.5 Å². The predicted molar refractivity (Wildman–Crippen MR) is 84.3 cm³/mol. The first-order valence-electron chi connectivity index (χ1n) is 6.86. The van der Waals surface area contributed by atoms with Gasteiger partial charge in [0.05, 0.1) is 22.8 Å². The SMILES string of the molecule is C=C(CCl)CN1CC[C@H](O)[C@@H]1CS(=O)(=O)c1ccccc1. The Balaban J connectivity index is 2.14. The molecular formula is C15H20ClNO3S. The molecule has 4 nitrogen and oxygen atoms in total. The average Bonchev–Trinajstić information content (AvgIpc) is 2.80. The Labute approximate surface area is 131 Å². The van der Waals surface area contributed by atoms with Crippen molar-refractivity contribution in [1.29, 1.82) is 0 Å². The number of nitrogens with zero attached hydrogens (tertiary/aromatic N) is 1. The van der Waals surface area contributed by atoms with Gasteiger partial charge in [-0.2, -0.15) is 0 Å². The molecule has 1 heterocycles. The molecule has 2 rings (SSSR count). The van der Waals surface area contributed by atoms with Gasteiger partial charge in [-0.05, 0) is 24.1 Å². The topological polar surface area (TPSA) is 57.6 Å². The fourth-order valence-corrected chi connectivity index (χ4v) is 4.32. The summed E-state index contributed by atoms with van der Waals surface area (Å²) in [7, 11) is -3.42. The van der Waals surface area contributed by atoms with Crippen LogP contribution in [0.3, 0.4) is 0 Å². The van der Waals surface area contributed by atoms with Crippen molar-refractivity contribution in [2.75, 3.05) is 24.7 Å². The molecule has 1 aliphatic rings. The largest absolute Gasteiger partial charge is 0.391 e. The van der Waals surface area contributed by atoms with Crippen molar-refractivity contribution in [2.45, 2.75) is 23.5 Å². The van der Waals surface area contributed by atoms with Gasteiger partial charge in [0, 0.05) is 19.0 Å². The van der Waals surface area contributed by atoms with Crippen LogP contribution in [0.2, 0.25) is 0 Å². The molecule has 0 radical (unpaired) electrons. The Bertz CT molecular complexity index is 588. The summed E-state index contributed by atoms with van der Waals surface area (Å²) in [5.74, 6) is 0.249. The summed E-state index contributed by atoms with van der Waals surface area (Å²) < 4.78 is 24.9. The highest BCUT2D eigenvalue weighted by Gasteiger charge is 2.36. The molecule has 116 valence electrons. The van der Waals surface area contributed by atoms with Gasteiger partial charge in [0.2, 0.25) is 0 Å². The maximum Gasteiger partial charge on any atom is 0.180 e. The highest BCUT2D eigenvalue weighted by atomic mass is 35.5. The number of aliphatic hydroxyl groups is 1. The highest BCUT2D eigenvalue weighted by molar-refractivity contribution is 7.91. The third-order valence-corrected chi connectivity index (χ3v) is 5.88. The highest BCUT2D eigenvalue weighted by Crippen LogP contribution is 2.23. The van der Waals surface area contributed by atoms with Crippen molar-refractivity contribution in [3.05, 3.63) is 42.5 Å². The fourth-order valence-electron chi connectivity index (χ4n) is 2.59. The minimum atomic E-state index is -3.42. The normalized spacial score (nSPS) is 23.3. The first-order valence-corrected chi connectivity index (χ1v) is 9.05. The Morgan fingerprint density at radius 1 is 1.38 bits per heavy atom. The van der Waals surface area contributed by atoms with Crippen LogP contribution in [0.15, 0.2) is 47.4 Å². The van der Waals surface area contributed by atoms with Crippen molar-refractivity contribution in [3.8, 4) is 0 Å². The molecule has 0 amide bonds. The van der Waals surface area contributed by atoms with Gasteiger partial charge >= 0.3 is 0 Å². The zero-order valence-corrected chi connectivity index (χ0v) is 13.4. The summed E-state index contributed by atoms with van der Waals surface area (Å²) in [6, 6.07) is 7.93. The molecule has 0 spiro atoms. The summed E-state index contributed by atoms with van der Waals surface area (Å²) >= 11 is 5.74. The van der Waals surface area contributed by atoms with Crippen LogP contribution in [0.5, 0.6) is 0 Å². The molecule has 6 heteroatoms. The summed E-state index contributed by atoms with van der Waals surface area (Å²) in [6.07, 6.45) is -0.0588. The second-order valence-electron chi connectivity index (χ2n) is 5.37. The van der Waals surface area contributed by atoms with Crippen molar-refractivity contribution >= 4 is 21.4 Å². The molecule has 0 saturated carbocycles. The van der Waals surface area contributed by atoms with Crippen LogP contribution in [0, 0.1) is 0 Å². The third kappa shape index (κ3) is 4.07. The van der Waals surface area contributed by atoms with E-state index < -0.39 is 22.0 Å². The zero-order chi connectivity index (χ0) is 15.5. The Morgan fingerprint density at radius 3 is 2.67 bits per heavy atom. The number of halogens is 1. The van der Waals surface area contributed by atoms with E-state index in [0.29, 0.717) is 30.3 Å². The lowest BCUT2D eigenvalue weighted by Crippen LogP contribution is -2.41. The number of hydrogen-bond acceptors (Lipinski definition) is 4. The van der Waals surface area contributed by atoms with Gasteiger partial charge < -0.3 is 5.11 Å². The molecule has 21 heavy (non-hydrogen) atoms. The molecule has 1 aromatic carbocycles. The summed E-state index contributed by atoms with van der Waals surface area (Å²) in [6.45, 7) is 5.03. The van der Waals surface area contributed by atoms with Crippen LogP contribution in [0.1, 0.15) is 6.42 Å². The first-order chi connectivity index (χ1) is 9.94. The van der Waals surface area contributed by atoms with Gasteiger partial charge in [-0.3, -0.25) is 4.90 Å². The molecule has 1 aromatic rings. The number of likely N-dealkylation sites (tertiary alicyclic amines) is 1. The van der Waals surface area contributed by atoms with Gasteiger partial charge in [-0.25, -0.2) is 8.42 Å². The van der Waals surface area contributed by atoms with Crippen LogP contribution in [-0.4, -0.2) is 55.3 Å². The minimum Gasteiger partial charge on any atom is -0.391 e. The first kappa shape index (κ1) is 16.5. The lowest BCUT2D eigenvalue weighted by atomic mass is 10.2. The lowest BCUT2D eigenvalue weighted by Gasteiger charge is -2.26. The Kier molecular flexibility index (Phi) is 5.43. The number of alkyl halides is 1. The predicted octanol–water partition coefficient (Wildman–Crippen LogP) is 1.69. The summed E-state index contributed by atoms with van der Waals surface area (Å²) in [4.78, 5) is 2.25. The van der Waals surface area contributed by atoms with Gasteiger partial charge in [0.1, 0.15) is 0 Å². The number of aliphatic hydroxyl groups excluding tert-OH is 1. The third-order valence-electron chi connectivity index (χ3n) is 3.73. The second-order valence-corrected chi connectivity index (χ2v) is 7.67. The van der Waals surface area contributed by atoms with Crippen LogP contribution in [0.4, 0.5) is 0 Å². The number of sulfone groups is 1. The van der Waals surface area contributed by atoms with E-state index in [4.69, 9.17) is 11.6 Å². The van der Waals surface area contributed by atoms with Crippen molar-refractivity contribution in [1.82, 2.24) is 4.90 Å². The molecule has 0 aromatic heterocycles. The van der Waals surface area contributed by atoms with Crippen molar-refractivity contribution in [3.63, 3.8) is 0 Å². The molecule has 1 aliphatic heterocycles. The van der Waals surface area contributed by atoms with E-state index >= 15 is 0 Å². The monoisotopic (exact) mass is 329 g/mol. The molecule has 1 N–H and O–H groups in total. The quantitative estimate of drug-likeness (QED) is 0.637. The van der Waals surface area contributed by atoms with Gasteiger partial charge in [0.25, 0.3) is 0 Å². The van der Waals surface area contributed by atoms with Crippen LogP contribution >= 0.6 is 11.6 Å². The molecule has 2 atom stereocenters. The smallest absolute Gasteiger partial charge is 0.180 e. The maximum atomic E-state index is 12.4.